The van der Waals surface area contributed by atoms with Gasteiger partial charge in [0, 0.05) is 31.4 Å². The first-order valence-electron chi connectivity index (χ1n) is 7.63. The summed E-state index contributed by atoms with van der Waals surface area (Å²) in [5, 5.41) is 23.8. The highest BCUT2D eigenvalue weighted by Gasteiger charge is 2.21. The number of rotatable bonds is 6. The quantitative estimate of drug-likeness (QED) is 0.477. The highest BCUT2D eigenvalue weighted by Crippen LogP contribution is 2.32. The second-order valence-corrected chi connectivity index (χ2v) is 5.86. The van der Waals surface area contributed by atoms with Crippen molar-refractivity contribution in [1.29, 1.82) is 0 Å². The van der Waals surface area contributed by atoms with Crippen molar-refractivity contribution >= 4 is 28.7 Å². The highest BCUT2D eigenvalue weighted by atomic mass is 35.5. The van der Waals surface area contributed by atoms with Crippen LogP contribution in [0.2, 0.25) is 0 Å². The molecule has 6 nitrogen and oxygen atoms in total. The van der Waals surface area contributed by atoms with E-state index >= 15 is 0 Å². The lowest BCUT2D eigenvalue weighted by Crippen LogP contribution is -2.25. The van der Waals surface area contributed by atoms with E-state index in [9.17, 15) is 15.2 Å². The fourth-order valence-electron chi connectivity index (χ4n) is 2.65. The van der Waals surface area contributed by atoms with E-state index in [0.717, 1.165) is 25.9 Å². The molecule has 1 heterocycles. The van der Waals surface area contributed by atoms with Crippen LogP contribution in [-0.2, 0) is 0 Å². The predicted molar refractivity (Wildman–Crippen MR) is 89.0 cm³/mol. The first-order valence-corrected chi connectivity index (χ1v) is 8.16. The first-order chi connectivity index (χ1) is 10.6. The van der Waals surface area contributed by atoms with Gasteiger partial charge in [-0.1, -0.05) is 12.8 Å². The third-order valence-electron chi connectivity index (χ3n) is 3.84. The lowest BCUT2D eigenvalue weighted by atomic mass is 10.2. The lowest BCUT2D eigenvalue weighted by molar-refractivity contribution is -0.384. The van der Waals surface area contributed by atoms with E-state index in [1.807, 2.05) is 6.07 Å². The number of nitrogens with one attached hydrogen (secondary N) is 1. The van der Waals surface area contributed by atoms with E-state index in [2.05, 4.69) is 10.2 Å². The van der Waals surface area contributed by atoms with Crippen LogP contribution in [0.3, 0.4) is 0 Å². The molecule has 0 radical (unpaired) electrons. The zero-order valence-electron chi connectivity index (χ0n) is 12.5. The van der Waals surface area contributed by atoms with Crippen LogP contribution in [0.1, 0.15) is 25.7 Å². The van der Waals surface area contributed by atoms with Crippen LogP contribution >= 0.6 is 11.6 Å². The van der Waals surface area contributed by atoms with E-state index < -0.39 is 6.10 Å². The second kappa shape index (κ2) is 8.19. The molecule has 122 valence electrons. The number of anilines is 2. The molecule has 0 amide bonds. The Kier molecular flexibility index (Phi) is 6.27. The SMILES string of the molecule is O=[N+]([O-])c1cc(NCC(O)CCl)ccc1N1CCCCCC1. The predicted octanol–water partition coefficient (Wildman–Crippen LogP) is 2.99. The smallest absolute Gasteiger partial charge is 0.294 e. The van der Waals surface area contributed by atoms with Crippen LogP contribution in [0.4, 0.5) is 17.1 Å². The molecule has 2 rings (SSSR count). The standard InChI is InChI=1S/C15H22ClN3O3/c16-10-13(20)11-17-12-5-6-14(15(9-12)19(21)22)18-7-3-1-2-4-8-18/h5-6,9,13,17,20H,1-4,7-8,10-11H2. The Hall–Kier alpha value is -1.53. The van der Waals surface area contributed by atoms with Gasteiger partial charge in [0.2, 0.25) is 0 Å². The maximum Gasteiger partial charge on any atom is 0.294 e. The van der Waals surface area contributed by atoms with Gasteiger partial charge in [-0.2, -0.15) is 0 Å². The summed E-state index contributed by atoms with van der Waals surface area (Å²) in [6, 6.07) is 5.13. The Morgan fingerprint density at radius 1 is 1.32 bits per heavy atom. The molecular formula is C15H22ClN3O3. The van der Waals surface area contributed by atoms with Crippen LogP contribution in [0.15, 0.2) is 18.2 Å². The van der Waals surface area contributed by atoms with Crippen LogP contribution in [0.5, 0.6) is 0 Å². The Labute approximate surface area is 135 Å². The summed E-state index contributed by atoms with van der Waals surface area (Å²) >= 11 is 5.54. The molecule has 1 fully saturated rings. The average Bonchev–Trinajstić information content (AvgIpc) is 2.81. The molecule has 1 aliphatic heterocycles. The molecule has 7 heteroatoms. The Balaban J connectivity index is 2.17. The molecule has 1 saturated heterocycles. The lowest BCUT2D eigenvalue weighted by Gasteiger charge is -2.22. The molecule has 1 aliphatic rings. The Bertz CT molecular complexity index is 505. The molecule has 0 saturated carbocycles. The van der Waals surface area contributed by atoms with Crippen molar-refractivity contribution in [1.82, 2.24) is 0 Å². The topological polar surface area (TPSA) is 78.6 Å². The monoisotopic (exact) mass is 327 g/mol. The van der Waals surface area contributed by atoms with E-state index in [0.29, 0.717) is 11.4 Å². The van der Waals surface area contributed by atoms with Crippen molar-refractivity contribution in [2.24, 2.45) is 0 Å². The van der Waals surface area contributed by atoms with Crippen LogP contribution in [0.25, 0.3) is 0 Å². The van der Waals surface area contributed by atoms with Crippen molar-refractivity contribution < 1.29 is 10.0 Å². The summed E-state index contributed by atoms with van der Waals surface area (Å²) < 4.78 is 0. The maximum atomic E-state index is 11.4. The minimum atomic E-state index is -0.675. The summed E-state index contributed by atoms with van der Waals surface area (Å²) in [7, 11) is 0. The summed E-state index contributed by atoms with van der Waals surface area (Å²) in [4.78, 5) is 13.1. The van der Waals surface area contributed by atoms with E-state index in [1.54, 1.807) is 6.07 Å². The van der Waals surface area contributed by atoms with Gasteiger partial charge < -0.3 is 15.3 Å². The molecule has 0 aliphatic carbocycles. The normalized spacial score (nSPS) is 16.9. The first kappa shape index (κ1) is 16.8. The van der Waals surface area contributed by atoms with Gasteiger partial charge in [0.1, 0.15) is 5.69 Å². The van der Waals surface area contributed by atoms with Crippen molar-refractivity contribution in [3.05, 3.63) is 28.3 Å². The number of nitro benzene ring substituents is 1. The minimum absolute atomic E-state index is 0.104. The largest absolute Gasteiger partial charge is 0.390 e. The zero-order chi connectivity index (χ0) is 15.9. The highest BCUT2D eigenvalue weighted by molar-refractivity contribution is 6.18. The molecule has 1 unspecified atom stereocenters. The fraction of sp³-hybridized carbons (Fsp3) is 0.600. The minimum Gasteiger partial charge on any atom is -0.390 e. The second-order valence-electron chi connectivity index (χ2n) is 5.55. The molecule has 22 heavy (non-hydrogen) atoms. The summed E-state index contributed by atoms with van der Waals surface area (Å²) in [5.74, 6) is 0.126. The molecule has 0 aromatic heterocycles. The van der Waals surface area contributed by atoms with E-state index in [-0.39, 0.29) is 23.0 Å². The molecule has 2 N–H and O–H groups in total. The van der Waals surface area contributed by atoms with Gasteiger partial charge in [-0.05, 0) is 25.0 Å². The Morgan fingerprint density at radius 2 is 2.00 bits per heavy atom. The number of nitrogens with zero attached hydrogens (tertiary/aromatic N) is 2. The summed E-state index contributed by atoms with van der Waals surface area (Å²) in [6.45, 7) is 1.99. The maximum absolute atomic E-state index is 11.4. The van der Waals surface area contributed by atoms with Gasteiger partial charge in [0.15, 0.2) is 0 Å². The van der Waals surface area contributed by atoms with Gasteiger partial charge in [0.25, 0.3) is 5.69 Å². The van der Waals surface area contributed by atoms with Crippen LogP contribution in [0, 0.1) is 10.1 Å². The van der Waals surface area contributed by atoms with Gasteiger partial charge in [0.05, 0.1) is 16.9 Å². The summed E-state index contributed by atoms with van der Waals surface area (Å²) in [6.07, 6.45) is 3.82. The van der Waals surface area contributed by atoms with Gasteiger partial charge in [-0.25, -0.2) is 0 Å². The fourth-order valence-corrected chi connectivity index (χ4v) is 2.76. The number of aliphatic hydroxyl groups excluding tert-OH is 1. The van der Waals surface area contributed by atoms with Gasteiger partial charge in [-0.3, -0.25) is 10.1 Å². The number of alkyl halides is 1. The van der Waals surface area contributed by atoms with Gasteiger partial charge in [-0.15, -0.1) is 11.6 Å². The Morgan fingerprint density at radius 3 is 2.59 bits per heavy atom. The van der Waals surface area contributed by atoms with Crippen molar-refractivity contribution in [2.45, 2.75) is 31.8 Å². The van der Waals surface area contributed by atoms with Crippen molar-refractivity contribution in [2.75, 3.05) is 35.7 Å². The molecule has 0 spiro atoms. The molecule has 1 aromatic carbocycles. The molecular weight excluding hydrogens is 306 g/mol. The van der Waals surface area contributed by atoms with E-state index in [1.165, 1.54) is 18.9 Å². The third-order valence-corrected chi connectivity index (χ3v) is 4.20. The molecule has 1 aromatic rings. The zero-order valence-corrected chi connectivity index (χ0v) is 13.3. The number of hydrogen-bond acceptors (Lipinski definition) is 5. The number of aliphatic hydroxyl groups is 1. The van der Waals surface area contributed by atoms with Gasteiger partial charge >= 0.3 is 0 Å². The average molecular weight is 328 g/mol. The number of halogens is 1. The van der Waals surface area contributed by atoms with E-state index in [4.69, 9.17) is 11.6 Å². The molecule has 1 atom stereocenters. The number of benzene rings is 1. The van der Waals surface area contributed by atoms with Crippen LogP contribution in [-0.4, -0.2) is 41.6 Å². The summed E-state index contributed by atoms with van der Waals surface area (Å²) in [5.41, 5.74) is 1.40. The van der Waals surface area contributed by atoms with Crippen LogP contribution < -0.4 is 10.2 Å². The number of nitro groups is 1. The van der Waals surface area contributed by atoms with Crippen molar-refractivity contribution in [3.63, 3.8) is 0 Å². The number of hydrogen-bond donors (Lipinski definition) is 2. The third kappa shape index (κ3) is 4.48. The van der Waals surface area contributed by atoms with Crippen molar-refractivity contribution in [3.8, 4) is 0 Å². The molecule has 0 bridgehead atoms.